The Hall–Kier alpha value is -1.26. The molecule has 1 fully saturated rings. The van der Waals surface area contributed by atoms with Crippen LogP contribution in [0.4, 0.5) is 5.69 Å². The molecule has 2 rings (SSSR count). The molecule has 98 valence electrons. The summed E-state index contributed by atoms with van der Waals surface area (Å²) in [7, 11) is 0. The summed E-state index contributed by atoms with van der Waals surface area (Å²) in [6.45, 7) is 2.67. The number of rotatable bonds is 3. The third kappa shape index (κ3) is 3.37. The van der Waals surface area contributed by atoms with Crippen molar-refractivity contribution in [2.24, 2.45) is 0 Å². The van der Waals surface area contributed by atoms with Gasteiger partial charge in [0.05, 0.1) is 23.9 Å². The van der Waals surface area contributed by atoms with E-state index in [1.807, 2.05) is 17.0 Å². The third-order valence-corrected chi connectivity index (χ3v) is 3.40. The highest BCUT2D eigenvalue weighted by Crippen LogP contribution is 2.20. The van der Waals surface area contributed by atoms with Crippen molar-refractivity contribution in [3.63, 3.8) is 0 Å². The number of halogens is 1. The Bertz CT molecular complexity index is 431. The molecule has 0 spiro atoms. The van der Waals surface area contributed by atoms with Crippen LogP contribution < -0.4 is 5.73 Å². The van der Waals surface area contributed by atoms with E-state index in [-0.39, 0.29) is 5.91 Å². The SMILES string of the molecule is Nc1cc(CCC(=O)N2CCOCC2)ccc1Cl. The predicted octanol–water partition coefficient (Wildman–Crippen LogP) is 1.71. The number of amides is 1. The highest BCUT2D eigenvalue weighted by molar-refractivity contribution is 6.33. The Morgan fingerprint density at radius 1 is 1.39 bits per heavy atom. The van der Waals surface area contributed by atoms with Crippen molar-refractivity contribution in [2.45, 2.75) is 12.8 Å². The summed E-state index contributed by atoms with van der Waals surface area (Å²) in [5, 5.41) is 0.554. The largest absolute Gasteiger partial charge is 0.398 e. The van der Waals surface area contributed by atoms with Gasteiger partial charge in [0, 0.05) is 19.5 Å². The molecule has 1 saturated heterocycles. The van der Waals surface area contributed by atoms with E-state index < -0.39 is 0 Å². The van der Waals surface area contributed by atoms with Crippen LogP contribution in [-0.4, -0.2) is 37.1 Å². The molecule has 0 radical (unpaired) electrons. The number of benzene rings is 1. The number of aryl methyl sites for hydroxylation is 1. The first-order valence-corrected chi connectivity index (χ1v) is 6.44. The zero-order valence-electron chi connectivity index (χ0n) is 10.2. The Morgan fingerprint density at radius 2 is 2.11 bits per heavy atom. The summed E-state index contributed by atoms with van der Waals surface area (Å²) >= 11 is 5.85. The Labute approximate surface area is 112 Å². The molecule has 1 aliphatic heterocycles. The van der Waals surface area contributed by atoms with Crippen LogP contribution in [-0.2, 0) is 16.0 Å². The maximum Gasteiger partial charge on any atom is 0.223 e. The number of hydrogen-bond donors (Lipinski definition) is 1. The van der Waals surface area contributed by atoms with Crippen LogP contribution in [0.3, 0.4) is 0 Å². The van der Waals surface area contributed by atoms with Gasteiger partial charge in [0.25, 0.3) is 0 Å². The van der Waals surface area contributed by atoms with Crippen molar-refractivity contribution in [1.82, 2.24) is 4.90 Å². The summed E-state index contributed by atoms with van der Waals surface area (Å²) in [6, 6.07) is 5.51. The lowest BCUT2D eigenvalue weighted by Gasteiger charge is -2.26. The van der Waals surface area contributed by atoms with Crippen LogP contribution in [0.2, 0.25) is 5.02 Å². The molecule has 0 unspecified atom stereocenters. The molecule has 1 aromatic rings. The fraction of sp³-hybridized carbons (Fsp3) is 0.462. The topological polar surface area (TPSA) is 55.6 Å². The molecule has 0 saturated carbocycles. The monoisotopic (exact) mass is 268 g/mol. The molecule has 1 heterocycles. The summed E-state index contributed by atoms with van der Waals surface area (Å²) in [5.74, 6) is 0.173. The molecule has 1 aliphatic rings. The van der Waals surface area contributed by atoms with E-state index in [0.717, 1.165) is 5.56 Å². The second kappa shape index (κ2) is 6.07. The van der Waals surface area contributed by atoms with E-state index in [4.69, 9.17) is 22.1 Å². The lowest BCUT2D eigenvalue weighted by molar-refractivity contribution is -0.135. The van der Waals surface area contributed by atoms with E-state index in [1.165, 1.54) is 0 Å². The fourth-order valence-electron chi connectivity index (χ4n) is 1.97. The van der Waals surface area contributed by atoms with Crippen molar-refractivity contribution in [2.75, 3.05) is 32.0 Å². The van der Waals surface area contributed by atoms with E-state index in [9.17, 15) is 4.79 Å². The van der Waals surface area contributed by atoms with Gasteiger partial charge in [0.1, 0.15) is 0 Å². The molecule has 4 nitrogen and oxygen atoms in total. The molecular formula is C13H17ClN2O2. The minimum absolute atomic E-state index is 0.173. The first kappa shape index (κ1) is 13.2. The van der Waals surface area contributed by atoms with Crippen LogP contribution >= 0.6 is 11.6 Å². The lowest BCUT2D eigenvalue weighted by Crippen LogP contribution is -2.40. The maximum absolute atomic E-state index is 11.9. The van der Waals surface area contributed by atoms with Gasteiger partial charge < -0.3 is 15.4 Å². The Kier molecular flexibility index (Phi) is 4.44. The molecular weight excluding hydrogens is 252 g/mol. The van der Waals surface area contributed by atoms with E-state index in [2.05, 4.69) is 0 Å². The van der Waals surface area contributed by atoms with Crippen LogP contribution in [0.25, 0.3) is 0 Å². The van der Waals surface area contributed by atoms with Crippen molar-refractivity contribution in [1.29, 1.82) is 0 Å². The van der Waals surface area contributed by atoms with Crippen LogP contribution in [0.1, 0.15) is 12.0 Å². The van der Waals surface area contributed by atoms with Gasteiger partial charge in [-0.1, -0.05) is 17.7 Å². The standard InChI is InChI=1S/C13H17ClN2O2/c14-11-3-1-10(9-12(11)15)2-4-13(17)16-5-7-18-8-6-16/h1,3,9H,2,4-8,15H2. The van der Waals surface area contributed by atoms with Crippen molar-refractivity contribution >= 4 is 23.2 Å². The van der Waals surface area contributed by atoms with Crippen molar-refractivity contribution in [3.05, 3.63) is 28.8 Å². The first-order valence-electron chi connectivity index (χ1n) is 6.06. The van der Waals surface area contributed by atoms with Gasteiger partial charge in [-0.15, -0.1) is 0 Å². The van der Waals surface area contributed by atoms with Gasteiger partial charge in [-0.2, -0.15) is 0 Å². The zero-order chi connectivity index (χ0) is 13.0. The maximum atomic E-state index is 11.9. The van der Waals surface area contributed by atoms with Gasteiger partial charge >= 0.3 is 0 Å². The number of ether oxygens (including phenoxy) is 1. The smallest absolute Gasteiger partial charge is 0.223 e. The summed E-state index contributed by atoms with van der Waals surface area (Å²) in [5.41, 5.74) is 7.33. The molecule has 0 bridgehead atoms. The molecule has 2 N–H and O–H groups in total. The Morgan fingerprint density at radius 3 is 2.78 bits per heavy atom. The second-order valence-electron chi connectivity index (χ2n) is 4.35. The molecule has 18 heavy (non-hydrogen) atoms. The quantitative estimate of drug-likeness (QED) is 0.849. The molecule has 1 amide bonds. The van der Waals surface area contributed by atoms with Gasteiger partial charge in [0.15, 0.2) is 0 Å². The highest BCUT2D eigenvalue weighted by Gasteiger charge is 2.16. The number of nitrogens with zero attached hydrogens (tertiary/aromatic N) is 1. The molecule has 1 aromatic carbocycles. The number of nitrogen functional groups attached to an aromatic ring is 1. The number of morpholine rings is 1. The van der Waals surface area contributed by atoms with E-state index in [1.54, 1.807) is 6.07 Å². The number of carbonyl (C=O) groups is 1. The number of hydrogen-bond acceptors (Lipinski definition) is 3. The lowest BCUT2D eigenvalue weighted by atomic mass is 10.1. The van der Waals surface area contributed by atoms with Gasteiger partial charge in [-0.05, 0) is 24.1 Å². The van der Waals surface area contributed by atoms with Gasteiger partial charge in [0.2, 0.25) is 5.91 Å². The first-order chi connectivity index (χ1) is 8.66. The summed E-state index contributed by atoms with van der Waals surface area (Å²) in [4.78, 5) is 13.8. The minimum atomic E-state index is 0.173. The number of carbonyl (C=O) groups excluding carboxylic acids is 1. The predicted molar refractivity (Wildman–Crippen MR) is 71.6 cm³/mol. The second-order valence-corrected chi connectivity index (χ2v) is 4.76. The molecule has 0 aromatic heterocycles. The van der Waals surface area contributed by atoms with Crippen LogP contribution in [0, 0.1) is 0 Å². The van der Waals surface area contributed by atoms with Crippen LogP contribution in [0.15, 0.2) is 18.2 Å². The molecule has 5 heteroatoms. The highest BCUT2D eigenvalue weighted by atomic mass is 35.5. The van der Waals surface area contributed by atoms with Gasteiger partial charge in [-0.25, -0.2) is 0 Å². The molecule has 0 aliphatic carbocycles. The van der Waals surface area contributed by atoms with E-state index in [0.29, 0.717) is 49.9 Å². The van der Waals surface area contributed by atoms with Crippen molar-refractivity contribution in [3.8, 4) is 0 Å². The number of nitrogens with two attached hydrogens (primary N) is 1. The summed E-state index contributed by atoms with van der Waals surface area (Å²) in [6.07, 6.45) is 1.19. The average Bonchev–Trinajstić information content (AvgIpc) is 2.41. The summed E-state index contributed by atoms with van der Waals surface area (Å²) < 4.78 is 5.22. The Balaban J connectivity index is 1.86. The van der Waals surface area contributed by atoms with E-state index >= 15 is 0 Å². The van der Waals surface area contributed by atoms with Crippen LogP contribution in [0.5, 0.6) is 0 Å². The fourth-order valence-corrected chi connectivity index (χ4v) is 2.09. The van der Waals surface area contributed by atoms with Crippen molar-refractivity contribution < 1.29 is 9.53 Å². The zero-order valence-corrected chi connectivity index (χ0v) is 10.9. The third-order valence-electron chi connectivity index (χ3n) is 3.05. The van der Waals surface area contributed by atoms with Gasteiger partial charge in [-0.3, -0.25) is 4.79 Å². The molecule has 0 atom stereocenters. The minimum Gasteiger partial charge on any atom is -0.398 e. The normalized spacial score (nSPS) is 15.7. The average molecular weight is 269 g/mol. The number of anilines is 1.